The van der Waals surface area contributed by atoms with Crippen LogP contribution in [-0.2, 0) is 14.3 Å². The van der Waals surface area contributed by atoms with E-state index in [1.54, 1.807) is 0 Å². The minimum Gasteiger partial charge on any atom is -0.392 e. The van der Waals surface area contributed by atoms with Crippen LogP contribution in [-0.4, -0.2) is 31.8 Å². The van der Waals surface area contributed by atoms with Crippen molar-refractivity contribution in [3.05, 3.63) is 71.8 Å². The molecule has 0 aliphatic heterocycles. The van der Waals surface area contributed by atoms with E-state index in [9.17, 15) is 9.59 Å². The third-order valence-electron chi connectivity index (χ3n) is 2.89. The van der Waals surface area contributed by atoms with E-state index in [1.807, 2.05) is 60.7 Å². The number of carbonyl (C=O) groups excluding carboxylic acids is 2. The van der Waals surface area contributed by atoms with Crippen LogP contribution in [0.2, 0.25) is 0 Å². The van der Waals surface area contributed by atoms with Crippen molar-refractivity contribution in [2.24, 2.45) is 0 Å². The Bertz CT molecular complexity index is 695. The van der Waals surface area contributed by atoms with E-state index in [-0.39, 0.29) is 11.5 Å². The SMILES string of the molecule is O=C(CSC(=S)c1ccccc1)OC(=O)CSC(=S)c1ccccc1. The summed E-state index contributed by atoms with van der Waals surface area (Å²) in [6.45, 7) is 0. The molecule has 0 saturated carbocycles. The Balaban J connectivity index is 1.70. The number of ether oxygens (including phenoxy) is 1. The molecule has 0 aliphatic carbocycles. The van der Waals surface area contributed by atoms with Crippen molar-refractivity contribution < 1.29 is 14.3 Å². The number of rotatable bonds is 6. The van der Waals surface area contributed by atoms with Gasteiger partial charge in [0.1, 0.15) is 0 Å². The van der Waals surface area contributed by atoms with Crippen LogP contribution < -0.4 is 0 Å². The smallest absolute Gasteiger partial charge is 0.323 e. The largest absolute Gasteiger partial charge is 0.392 e. The predicted molar refractivity (Wildman–Crippen MR) is 112 cm³/mol. The highest BCUT2D eigenvalue weighted by atomic mass is 32.2. The molecule has 0 aromatic heterocycles. The summed E-state index contributed by atoms with van der Waals surface area (Å²) in [5, 5.41) is 0. The molecule has 0 atom stereocenters. The summed E-state index contributed by atoms with van der Waals surface area (Å²) in [5.41, 5.74) is 1.73. The van der Waals surface area contributed by atoms with E-state index in [0.29, 0.717) is 8.39 Å². The highest BCUT2D eigenvalue weighted by molar-refractivity contribution is 8.24. The Hall–Kier alpha value is -1.54. The number of benzene rings is 2. The topological polar surface area (TPSA) is 43.4 Å². The zero-order valence-corrected chi connectivity index (χ0v) is 16.3. The van der Waals surface area contributed by atoms with Crippen molar-refractivity contribution in [3.63, 3.8) is 0 Å². The monoisotopic (exact) mass is 406 g/mol. The Morgan fingerprint density at radius 1 is 0.720 bits per heavy atom. The first kappa shape index (κ1) is 19.8. The summed E-state index contributed by atoms with van der Waals surface area (Å²) in [5.74, 6) is -1.24. The standard InChI is InChI=1S/C18H14O3S4/c19-15(11-24-17(22)13-7-3-1-4-8-13)21-16(20)12-25-18(23)14-9-5-2-6-10-14/h1-10H,11-12H2. The molecule has 0 spiro atoms. The van der Waals surface area contributed by atoms with E-state index in [1.165, 1.54) is 23.5 Å². The van der Waals surface area contributed by atoms with Gasteiger partial charge < -0.3 is 4.74 Å². The van der Waals surface area contributed by atoms with E-state index < -0.39 is 11.9 Å². The molecule has 25 heavy (non-hydrogen) atoms. The number of esters is 2. The maximum absolute atomic E-state index is 11.7. The number of thioether (sulfide) groups is 2. The van der Waals surface area contributed by atoms with Gasteiger partial charge in [0.2, 0.25) is 0 Å². The van der Waals surface area contributed by atoms with E-state index >= 15 is 0 Å². The lowest BCUT2D eigenvalue weighted by Gasteiger charge is -2.05. The van der Waals surface area contributed by atoms with Gasteiger partial charge in [-0.25, -0.2) is 0 Å². The molecule has 2 aromatic carbocycles. The maximum Gasteiger partial charge on any atom is 0.323 e. The van der Waals surface area contributed by atoms with Crippen LogP contribution in [0.1, 0.15) is 11.1 Å². The highest BCUT2D eigenvalue weighted by Gasteiger charge is 2.14. The molecule has 0 N–H and O–H groups in total. The Labute approximate surface area is 165 Å². The summed E-state index contributed by atoms with van der Waals surface area (Å²) in [6, 6.07) is 18.7. The lowest BCUT2D eigenvalue weighted by Crippen LogP contribution is -2.17. The van der Waals surface area contributed by atoms with Crippen molar-refractivity contribution >= 4 is 68.3 Å². The molecule has 3 nitrogen and oxygen atoms in total. The van der Waals surface area contributed by atoms with E-state index in [0.717, 1.165) is 11.1 Å². The van der Waals surface area contributed by atoms with E-state index in [2.05, 4.69) is 0 Å². The van der Waals surface area contributed by atoms with Crippen LogP contribution in [0.4, 0.5) is 0 Å². The quantitative estimate of drug-likeness (QED) is 0.403. The van der Waals surface area contributed by atoms with Gasteiger partial charge >= 0.3 is 11.9 Å². The van der Waals surface area contributed by atoms with Gasteiger partial charge in [-0.15, -0.1) is 23.5 Å². The van der Waals surface area contributed by atoms with Gasteiger partial charge in [-0.1, -0.05) is 85.1 Å². The molecular formula is C18H14O3S4. The highest BCUT2D eigenvalue weighted by Crippen LogP contribution is 2.16. The molecule has 0 radical (unpaired) electrons. The molecule has 2 aromatic rings. The van der Waals surface area contributed by atoms with Crippen LogP contribution in [0.15, 0.2) is 60.7 Å². The van der Waals surface area contributed by atoms with Gasteiger partial charge in [0, 0.05) is 0 Å². The van der Waals surface area contributed by atoms with Gasteiger partial charge in [-0.3, -0.25) is 9.59 Å². The Morgan fingerprint density at radius 3 is 1.44 bits per heavy atom. The van der Waals surface area contributed by atoms with Crippen molar-refractivity contribution in [2.75, 3.05) is 11.5 Å². The molecule has 0 heterocycles. The zero-order valence-electron chi connectivity index (χ0n) is 13.0. The lowest BCUT2D eigenvalue weighted by atomic mass is 10.2. The average molecular weight is 407 g/mol. The second kappa shape index (κ2) is 10.5. The summed E-state index contributed by atoms with van der Waals surface area (Å²) < 4.78 is 5.96. The maximum atomic E-state index is 11.7. The molecular weight excluding hydrogens is 392 g/mol. The van der Waals surface area contributed by atoms with Gasteiger partial charge in [0.25, 0.3) is 0 Å². The third kappa shape index (κ3) is 7.07. The number of hydrogen-bond donors (Lipinski definition) is 0. The zero-order chi connectivity index (χ0) is 18.1. The first-order chi connectivity index (χ1) is 12.1. The molecule has 128 valence electrons. The lowest BCUT2D eigenvalue weighted by molar-refractivity contribution is -0.155. The van der Waals surface area contributed by atoms with Crippen molar-refractivity contribution in [3.8, 4) is 0 Å². The van der Waals surface area contributed by atoms with Crippen molar-refractivity contribution in [2.45, 2.75) is 0 Å². The summed E-state index contributed by atoms with van der Waals surface area (Å²) in [6.07, 6.45) is 0. The normalized spacial score (nSPS) is 10.1. The van der Waals surface area contributed by atoms with Gasteiger partial charge in [0.15, 0.2) is 0 Å². The van der Waals surface area contributed by atoms with Gasteiger partial charge in [0.05, 0.1) is 19.9 Å². The molecule has 0 bridgehead atoms. The second-order valence-electron chi connectivity index (χ2n) is 4.73. The number of hydrogen-bond acceptors (Lipinski definition) is 7. The Morgan fingerprint density at radius 2 is 1.08 bits per heavy atom. The molecule has 0 fully saturated rings. The van der Waals surface area contributed by atoms with Crippen LogP contribution in [0.5, 0.6) is 0 Å². The van der Waals surface area contributed by atoms with Crippen molar-refractivity contribution in [1.29, 1.82) is 0 Å². The van der Waals surface area contributed by atoms with E-state index in [4.69, 9.17) is 29.2 Å². The predicted octanol–water partition coefficient (Wildman–Crippen LogP) is 4.27. The first-order valence-electron chi connectivity index (χ1n) is 7.24. The van der Waals surface area contributed by atoms with Crippen LogP contribution >= 0.6 is 48.0 Å². The molecule has 0 amide bonds. The minimum atomic E-state index is -0.612. The van der Waals surface area contributed by atoms with Gasteiger partial charge in [-0.2, -0.15) is 0 Å². The van der Waals surface area contributed by atoms with Crippen LogP contribution in [0.25, 0.3) is 0 Å². The number of thiocarbonyl (C=S) groups is 2. The molecule has 0 aliphatic rings. The minimum absolute atomic E-state index is 0.00668. The summed E-state index contributed by atoms with van der Waals surface area (Å²) >= 11 is 12.8. The molecule has 0 saturated heterocycles. The third-order valence-corrected chi connectivity index (χ3v) is 5.82. The van der Waals surface area contributed by atoms with Crippen LogP contribution in [0, 0.1) is 0 Å². The Kier molecular flexibility index (Phi) is 8.27. The fraction of sp³-hybridized carbons (Fsp3) is 0.111. The number of carbonyl (C=O) groups is 2. The molecule has 2 rings (SSSR count). The molecule has 0 unspecified atom stereocenters. The fourth-order valence-corrected chi connectivity index (χ4v) is 3.60. The summed E-state index contributed by atoms with van der Waals surface area (Å²) in [7, 11) is 0. The van der Waals surface area contributed by atoms with Crippen molar-refractivity contribution in [1.82, 2.24) is 0 Å². The first-order valence-corrected chi connectivity index (χ1v) is 10.0. The fourth-order valence-electron chi connectivity index (χ4n) is 1.75. The van der Waals surface area contributed by atoms with Gasteiger partial charge in [-0.05, 0) is 11.1 Å². The summed E-state index contributed by atoms with van der Waals surface area (Å²) in [4.78, 5) is 23.5. The average Bonchev–Trinajstić information content (AvgIpc) is 2.65. The van der Waals surface area contributed by atoms with Crippen LogP contribution in [0.3, 0.4) is 0 Å². The second-order valence-corrected chi connectivity index (χ2v) is 8.03. The molecule has 7 heteroatoms.